The molecule has 2 N–H and O–H groups in total. The Morgan fingerprint density at radius 2 is 2.06 bits per heavy atom. The summed E-state index contributed by atoms with van der Waals surface area (Å²) < 4.78 is 14.9. The highest BCUT2D eigenvalue weighted by atomic mass is 19.1. The van der Waals surface area contributed by atoms with E-state index >= 15 is 0 Å². The van der Waals surface area contributed by atoms with Gasteiger partial charge in [0.2, 0.25) is 0 Å². The third-order valence-electron chi connectivity index (χ3n) is 3.59. The van der Waals surface area contributed by atoms with Gasteiger partial charge in [-0.15, -0.1) is 0 Å². The van der Waals surface area contributed by atoms with E-state index in [9.17, 15) is 4.39 Å². The number of aromatic nitrogens is 2. The molecule has 0 unspecified atom stereocenters. The zero-order valence-corrected chi connectivity index (χ0v) is 10.1. The summed E-state index contributed by atoms with van der Waals surface area (Å²) >= 11 is 0. The van der Waals surface area contributed by atoms with Gasteiger partial charge in [-0.2, -0.15) is 5.10 Å². The van der Waals surface area contributed by atoms with Crippen molar-refractivity contribution in [3.8, 4) is 5.69 Å². The molecule has 94 valence electrons. The molecule has 0 bridgehead atoms. The first kappa shape index (κ1) is 11.3. The first-order valence-corrected chi connectivity index (χ1v) is 6.35. The standard InChI is InChI=1S/C14H16FN3/c15-11-6-3-7-12(8-11)18-9-13(16)14(17-18)10-4-1-2-5-10/h3,6-10H,1-2,4-5,16H2. The van der Waals surface area contributed by atoms with Crippen LogP contribution in [0.5, 0.6) is 0 Å². The van der Waals surface area contributed by atoms with E-state index in [2.05, 4.69) is 5.10 Å². The molecule has 3 nitrogen and oxygen atoms in total. The van der Waals surface area contributed by atoms with Crippen LogP contribution in [-0.2, 0) is 0 Å². The summed E-state index contributed by atoms with van der Waals surface area (Å²) in [6.45, 7) is 0. The smallest absolute Gasteiger partial charge is 0.125 e. The molecule has 3 rings (SSSR count). The van der Waals surface area contributed by atoms with E-state index in [1.54, 1.807) is 16.9 Å². The minimum absolute atomic E-state index is 0.260. The molecule has 0 saturated heterocycles. The van der Waals surface area contributed by atoms with Crippen LogP contribution in [0.4, 0.5) is 10.1 Å². The van der Waals surface area contributed by atoms with Crippen molar-refractivity contribution in [3.05, 3.63) is 42.0 Å². The van der Waals surface area contributed by atoms with Crippen molar-refractivity contribution < 1.29 is 4.39 Å². The Balaban J connectivity index is 1.96. The van der Waals surface area contributed by atoms with Gasteiger partial charge in [0.1, 0.15) is 5.82 Å². The van der Waals surface area contributed by atoms with Crippen LogP contribution in [0.15, 0.2) is 30.5 Å². The second kappa shape index (κ2) is 4.44. The van der Waals surface area contributed by atoms with Gasteiger partial charge < -0.3 is 5.73 Å². The number of rotatable bonds is 2. The summed E-state index contributed by atoms with van der Waals surface area (Å²) in [4.78, 5) is 0. The molecular weight excluding hydrogens is 229 g/mol. The van der Waals surface area contributed by atoms with E-state index in [1.165, 1.54) is 25.0 Å². The maximum Gasteiger partial charge on any atom is 0.125 e. The molecule has 1 fully saturated rings. The summed E-state index contributed by atoms with van der Waals surface area (Å²) in [6, 6.07) is 6.39. The van der Waals surface area contributed by atoms with Gasteiger partial charge in [0.05, 0.1) is 23.3 Å². The van der Waals surface area contributed by atoms with E-state index in [-0.39, 0.29) is 5.82 Å². The van der Waals surface area contributed by atoms with Crippen LogP contribution in [0.3, 0.4) is 0 Å². The number of hydrogen-bond donors (Lipinski definition) is 1. The monoisotopic (exact) mass is 245 g/mol. The van der Waals surface area contributed by atoms with Crippen LogP contribution in [0.25, 0.3) is 5.69 Å². The summed E-state index contributed by atoms with van der Waals surface area (Å²) in [5.41, 5.74) is 8.42. The molecule has 1 aromatic heterocycles. The molecule has 4 heteroatoms. The minimum Gasteiger partial charge on any atom is -0.396 e. The summed E-state index contributed by atoms with van der Waals surface area (Å²) in [6.07, 6.45) is 6.59. The van der Waals surface area contributed by atoms with Gasteiger partial charge in [-0.1, -0.05) is 18.9 Å². The summed E-state index contributed by atoms with van der Waals surface area (Å²) in [5.74, 6) is 0.212. The lowest BCUT2D eigenvalue weighted by atomic mass is 10.0. The Kier molecular flexibility index (Phi) is 2.78. The minimum atomic E-state index is -0.260. The fraction of sp³-hybridized carbons (Fsp3) is 0.357. The second-order valence-electron chi connectivity index (χ2n) is 4.88. The fourth-order valence-electron chi connectivity index (χ4n) is 2.67. The molecule has 0 atom stereocenters. The molecule has 18 heavy (non-hydrogen) atoms. The second-order valence-corrected chi connectivity index (χ2v) is 4.88. The van der Waals surface area contributed by atoms with Crippen LogP contribution < -0.4 is 5.73 Å². The number of benzene rings is 1. The average molecular weight is 245 g/mol. The molecule has 0 radical (unpaired) electrons. The average Bonchev–Trinajstić information content (AvgIpc) is 2.97. The summed E-state index contributed by atoms with van der Waals surface area (Å²) in [7, 11) is 0. The normalized spacial score (nSPS) is 16.3. The van der Waals surface area contributed by atoms with Crippen molar-refractivity contribution in [2.75, 3.05) is 5.73 Å². The van der Waals surface area contributed by atoms with E-state index < -0.39 is 0 Å². The maximum absolute atomic E-state index is 13.2. The molecule has 2 aromatic rings. The Hall–Kier alpha value is -1.84. The van der Waals surface area contributed by atoms with Crippen molar-refractivity contribution in [2.24, 2.45) is 0 Å². The first-order valence-electron chi connectivity index (χ1n) is 6.35. The molecule has 0 amide bonds. The van der Waals surface area contributed by atoms with Crippen LogP contribution in [0.1, 0.15) is 37.3 Å². The van der Waals surface area contributed by atoms with E-state index in [0.29, 0.717) is 17.3 Å². The molecule has 1 aromatic carbocycles. The third kappa shape index (κ3) is 1.98. The highest BCUT2D eigenvalue weighted by Crippen LogP contribution is 2.36. The van der Waals surface area contributed by atoms with E-state index in [1.807, 2.05) is 6.07 Å². The van der Waals surface area contributed by atoms with Gasteiger partial charge in [-0.05, 0) is 31.0 Å². The van der Waals surface area contributed by atoms with E-state index in [4.69, 9.17) is 5.73 Å². The fourth-order valence-corrected chi connectivity index (χ4v) is 2.67. The van der Waals surface area contributed by atoms with Crippen molar-refractivity contribution in [2.45, 2.75) is 31.6 Å². The zero-order chi connectivity index (χ0) is 12.5. The SMILES string of the molecule is Nc1cn(-c2cccc(F)c2)nc1C1CCCC1. The maximum atomic E-state index is 13.2. The van der Waals surface area contributed by atoms with Crippen LogP contribution in [-0.4, -0.2) is 9.78 Å². The molecular formula is C14H16FN3. The lowest BCUT2D eigenvalue weighted by Gasteiger charge is -2.05. The third-order valence-corrected chi connectivity index (χ3v) is 3.59. The number of halogens is 1. The Labute approximate surface area is 105 Å². The van der Waals surface area contributed by atoms with Crippen LogP contribution >= 0.6 is 0 Å². The molecule has 0 aliphatic heterocycles. The van der Waals surface area contributed by atoms with Gasteiger partial charge in [0.25, 0.3) is 0 Å². The Morgan fingerprint density at radius 3 is 2.78 bits per heavy atom. The molecule has 1 aliphatic carbocycles. The van der Waals surface area contributed by atoms with Crippen molar-refractivity contribution in [3.63, 3.8) is 0 Å². The number of hydrogen-bond acceptors (Lipinski definition) is 2. The predicted molar refractivity (Wildman–Crippen MR) is 69.1 cm³/mol. The van der Waals surface area contributed by atoms with Gasteiger partial charge in [0, 0.05) is 5.92 Å². The number of anilines is 1. The zero-order valence-electron chi connectivity index (χ0n) is 10.1. The Morgan fingerprint density at radius 1 is 1.28 bits per heavy atom. The largest absolute Gasteiger partial charge is 0.396 e. The van der Waals surface area contributed by atoms with Crippen molar-refractivity contribution >= 4 is 5.69 Å². The highest BCUT2D eigenvalue weighted by molar-refractivity contribution is 5.46. The lowest BCUT2D eigenvalue weighted by molar-refractivity contribution is 0.624. The van der Waals surface area contributed by atoms with Crippen LogP contribution in [0.2, 0.25) is 0 Å². The molecule has 1 saturated carbocycles. The number of nitrogens with two attached hydrogens (primary N) is 1. The summed E-state index contributed by atoms with van der Waals surface area (Å²) in [5, 5.41) is 4.53. The van der Waals surface area contributed by atoms with Crippen LogP contribution in [0, 0.1) is 5.82 Å². The molecule has 1 aliphatic rings. The van der Waals surface area contributed by atoms with Crippen molar-refractivity contribution in [1.29, 1.82) is 0 Å². The van der Waals surface area contributed by atoms with E-state index in [0.717, 1.165) is 18.5 Å². The number of nitrogens with zero attached hydrogens (tertiary/aromatic N) is 2. The number of nitrogen functional groups attached to an aromatic ring is 1. The van der Waals surface area contributed by atoms with Gasteiger partial charge in [0.15, 0.2) is 0 Å². The van der Waals surface area contributed by atoms with Gasteiger partial charge >= 0.3 is 0 Å². The van der Waals surface area contributed by atoms with Gasteiger partial charge in [-0.3, -0.25) is 0 Å². The first-order chi connectivity index (χ1) is 8.74. The topological polar surface area (TPSA) is 43.8 Å². The predicted octanol–water partition coefficient (Wildman–Crippen LogP) is 3.25. The van der Waals surface area contributed by atoms with Crippen molar-refractivity contribution in [1.82, 2.24) is 9.78 Å². The quantitative estimate of drug-likeness (QED) is 0.882. The Bertz CT molecular complexity index is 556. The molecule has 1 heterocycles. The lowest BCUT2D eigenvalue weighted by Crippen LogP contribution is -2.00. The highest BCUT2D eigenvalue weighted by Gasteiger charge is 2.22. The van der Waals surface area contributed by atoms with Gasteiger partial charge in [-0.25, -0.2) is 9.07 Å². The molecule has 0 spiro atoms.